The van der Waals surface area contributed by atoms with Crippen LogP contribution in [0.25, 0.3) is 11.3 Å². The number of aromatic nitrogens is 2. The molecule has 5 rings (SSSR count). The second-order valence-electron chi connectivity index (χ2n) is 7.37. The standard InChI is InChI=1S/C20H27N3O3/c1-22-18(16-11-23-7-6-13(16)8-15(23)12-24)10-17(21-22)14-4-5-19(25-2)20(9-14)26-3/h4-5,9-10,13,15-16,24H,6-8,11-12H2,1-3H3/t13-,15+,16+/m0/s1. The van der Waals surface area contributed by atoms with Gasteiger partial charge < -0.3 is 14.6 Å². The average Bonchev–Trinajstić information content (AvgIpc) is 3.09. The number of ether oxygens (including phenoxy) is 2. The summed E-state index contributed by atoms with van der Waals surface area (Å²) in [7, 11) is 5.32. The predicted octanol–water partition coefficient (Wildman–Crippen LogP) is 2.27. The van der Waals surface area contributed by atoms with Gasteiger partial charge in [-0.3, -0.25) is 9.58 Å². The van der Waals surface area contributed by atoms with Crippen molar-refractivity contribution < 1.29 is 14.6 Å². The first-order valence-electron chi connectivity index (χ1n) is 9.25. The van der Waals surface area contributed by atoms with Gasteiger partial charge in [0.1, 0.15) is 0 Å². The number of methoxy groups -OCH3 is 2. The van der Waals surface area contributed by atoms with Crippen LogP contribution >= 0.6 is 0 Å². The van der Waals surface area contributed by atoms with Gasteiger partial charge in [-0.25, -0.2) is 0 Å². The fourth-order valence-electron chi connectivity index (χ4n) is 4.63. The van der Waals surface area contributed by atoms with E-state index in [1.165, 1.54) is 12.1 Å². The lowest BCUT2D eigenvalue weighted by Gasteiger charge is -2.49. The minimum atomic E-state index is 0.269. The van der Waals surface area contributed by atoms with Gasteiger partial charge in [-0.2, -0.15) is 5.10 Å². The van der Waals surface area contributed by atoms with Crippen molar-refractivity contribution in [1.29, 1.82) is 0 Å². The zero-order chi connectivity index (χ0) is 18.3. The molecule has 1 aromatic carbocycles. The summed E-state index contributed by atoms with van der Waals surface area (Å²) in [5, 5.41) is 14.4. The third-order valence-corrected chi connectivity index (χ3v) is 6.06. The fourth-order valence-corrected chi connectivity index (χ4v) is 4.63. The molecule has 3 aliphatic heterocycles. The van der Waals surface area contributed by atoms with Crippen molar-refractivity contribution in [2.45, 2.75) is 24.8 Å². The molecule has 6 nitrogen and oxygen atoms in total. The summed E-state index contributed by atoms with van der Waals surface area (Å²) in [5.41, 5.74) is 3.26. The molecular weight excluding hydrogens is 330 g/mol. The molecule has 3 saturated heterocycles. The molecule has 0 amide bonds. The molecule has 4 heterocycles. The molecule has 4 atom stereocenters. The van der Waals surface area contributed by atoms with Gasteiger partial charge in [-0.05, 0) is 49.6 Å². The van der Waals surface area contributed by atoms with Crippen LogP contribution in [0.4, 0.5) is 0 Å². The molecule has 2 bridgehead atoms. The van der Waals surface area contributed by atoms with Crippen LogP contribution in [0.5, 0.6) is 11.5 Å². The highest BCUT2D eigenvalue weighted by molar-refractivity contribution is 5.64. The first-order valence-corrected chi connectivity index (χ1v) is 9.25. The number of nitrogens with zero attached hydrogens (tertiary/aromatic N) is 3. The van der Waals surface area contributed by atoms with E-state index in [0.717, 1.165) is 36.5 Å². The minimum absolute atomic E-state index is 0.269. The lowest BCUT2D eigenvalue weighted by molar-refractivity contribution is 0.00105. The minimum Gasteiger partial charge on any atom is -0.493 e. The van der Waals surface area contributed by atoms with E-state index in [1.807, 2.05) is 29.9 Å². The van der Waals surface area contributed by atoms with Crippen molar-refractivity contribution in [1.82, 2.24) is 14.7 Å². The highest BCUT2D eigenvalue weighted by Crippen LogP contribution is 2.42. The Morgan fingerprint density at radius 1 is 1.19 bits per heavy atom. The second-order valence-corrected chi connectivity index (χ2v) is 7.37. The first-order chi connectivity index (χ1) is 12.6. The molecule has 140 valence electrons. The van der Waals surface area contributed by atoms with Crippen LogP contribution in [0.3, 0.4) is 0 Å². The van der Waals surface area contributed by atoms with Crippen LogP contribution in [0.15, 0.2) is 24.3 Å². The molecule has 1 N–H and O–H groups in total. The highest BCUT2D eigenvalue weighted by Gasteiger charge is 2.41. The predicted molar refractivity (Wildman–Crippen MR) is 99.7 cm³/mol. The molecule has 2 aromatic rings. The summed E-state index contributed by atoms with van der Waals surface area (Å²) < 4.78 is 12.8. The quantitative estimate of drug-likeness (QED) is 0.890. The molecule has 0 spiro atoms. The molecule has 0 radical (unpaired) electrons. The van der Waals surface area contributed by atoms with Gasteiger partial charge in [-0.15, -0.1) is 0 Å². The summed E-state index contributed by atoms with van der Waals surface area (Å²) in [4.78, 5) is 2.44. The molecule has 0 saturated carbocycles. The van der Waals surface area contributed by atoms with Gasteiger partial charge in [0.05, 0.1) is 26.5 Å². The zero-order valence-electron chi connectivity index (χ0n) is 15.7. The van der Waals surface area contributed by atoms with Crippen LogP contribution in [0.1, 0.15) is 24.5 Å². The smallest absolute Gasteiger partial charge is 0.161 e. The number of rotatable bonds is 5. The number of aliphatic hydroxyl groups is 1. The van der Waals surface area contributed by atoms with Gasteiger partial charge in [0.15, 0.2) is 11.5 Å². The van der Waals surface area contributed by atoms with Gasteiger partial charge in [0, 0.05) is 36.8 Å². The van der Waals surface area contributed by atoms with E-state index in [-0.39, 0.29) is 6.61 Å². The summed E-state index contributed by atoms with van der Waals surface area (Å²) in [5.74, 6) is 2.55. The third-order valence-electron chi connectivity index (χ3n) is 6.06. The Kier molecular flexibility index (Phi) is 4.63. The first kappa shape index (κ1) is 17.4. The summed E-state index contributed by atoms with van der Waals surface area (Å²) in [6, 6.07) is 8.46. The monoisotopic (exact) mass is 357 g/mol. The van der Waals surface area contributed by atoms with Crippen molar-refractivity contribution in [3.63, 3.8) is 0 Å². The number of aliphatic hydroxyl groups excluding tert-OH is 1. The number of hydrogen-bond donors (Lipinski definition) is 1. The summed E-state index contributed by atoms with van der Waals surface area (Å²) in [6.07, 6.45) is 2.29. The van der Waals surface area contributed by atoms with Crippen LogP contribution in [-0.2, 0) is 7.05 Å². The Balaban J connectivity index is 1.63. The van der Waals surface area contributed by atoms with Gasteiger partial charge in [0.25, 0.3) is 0 Å². The number of piperidine rings is 3. The van der Waals surface area contributed by atoms with E-state index in [4.69, 9.17) is 14.6 Å². The van der Waals surface area contributed by atoms with Gasteiger partial charge in [0.2, 0.25) is 0 Å². The summed E-state index contributed by atoms with van der Waals surface area (Å²) in [6.45, 7) is 2.39. The van der Waals surface area contributed by atoms with Gasteiger partial charge >= 0.3 is 0 Å². The largest absolute Gasteiger partial charge is 0.493 e. The number of hydrogen-bond acceptors (Lipinski definition) is 5. The Morgan fingerprint density at radius 3 is 2.65 bits per heavy atom. The SMILES string of the molecule is COc1ccc(-c2cc([C@@H]3CN4CC[C@H]3C[C@@H]4CO)n(C)n2)cc1OC. The molecule has 6 heteroatoms. The lowest BCUT2D eigenvalue weighted by atomic mass is 9.74. The third kappa shape index (κ3) is 2.87. The molecule has 3 aliphatic rings. The van der Waals surface area contributed by atoms with Crippen LogP contribution in [0.2, 0.25) is 0 Å². The maximum atomic E-state index is 9.59. The van der Waals surface area contributed by atoms with E-state index >= 15 is 0 Å². The normalized spacial score (nSPS) is 27.5. The summed E-state index contributed by atoms with van der Waals surface area (Å²) >= 11 is 0. The topological polar surface area (TPSA) is 59.8 Å². The molecule has 26 heavy (non-hydrogen) atoms. The number of aryl methyl sites for hydroxylation is 1. The number of benzene rings is 1. The van der Waals surface area contributed by atoms with E-state index in [1.54, 1.807) is 14.2 Å². The van der Waals surface area contributed by atoms with Crippen molar-refractivity contribution in [2.24, 2.45) is 13.0 Å². The Bertz CT molecular complexity index is 789. The van der Waals surface area contributed by atoms with Crippen LogP contribution < -0.4 is 9.47 Å². The number of fused-ring (bicyclic) bond motifs is 3. The molecule has 1 aromatic heterocycles. The maximum absolute atomic E-state index is 9.59. The Labute approximate surface area is 154 Å². The molecule has 3 fully saturated rings. The fraction of sp³-hybridized carbons (Fsp3) is 0.550. The van der Waals surface area contributed by atoms with E-state index in [2.05, 4.69) is 11.0 Å². The maximum Gasteiger partial charge on any atom is 0.161 e. The highest BCUT2D eigenvalue weighted by atomic mass is 16.5. The van der Waals surface area contributed by atoms with E-state index < -0.39 is 0 Å². The van der Waals surface area contributed by atoms with Gasteiger partial charge in [-0.1, -0.05) is 0 Å². The molecular formula is C20H27N3O3. The van der Waals surface area contributed by atoms with E-state index in [9.17, 15) is 5.11 Å². The van der Waals surface area contributed by atoms with Crippen molar-refractivity contribution >= 4 is 0 Å². The van der Waals surface area contributed by atoms with Crippen molar-refractivity contribution in [2.75, 3.05) is 33.9 Å². The lowest BCUT2D eigenvalue weighted by Crippen LogP contribution is -2.53. The van der Waals surface area contributed by atoms with Crippen LogP contribution in [-0.4, -0.2) is 59.7 Å². The zero-order valence-corrected chi connectivity index (χ0v) is 15.7. The Hall–Kier alpha value is -2.05. The second kappa shape index (κ2) is 6.93. The average molecular weight is 357 g/mol. The molecule has 1 unspecified atom stereocenters. The Morgan fingerprint density at radius 2 is 2.00 bits per heavy atom. The van der Waals surface area contributed by atoms with Crippen molar-refractivity contribution in [3.05, 3.63) is 30.0 Å². The van der Waals surface area contributed by atoms with Crippen LogP contribution in [0, 0.1) is 5.92 Å². The van der Waals surface area contributed by atoms with E-state index in [0.29, 0.717) is 23.6 Å². The molecule has 0 aliphatic carbocycles. The van der Waals surface area contributed by atoms with Crippen molar-refractivity contribution in [3.8, 4) is 22.8 Å².